The van der Waals surface area contributed by atoms with E-state index in [1.54, 1.807) is 19.5 Å². The number of ether oxygens (including phenoxy) is 1. The Labute approximate surface area is 122 Å². The molecule has 3 N–H and O–H groups in total. The minimum atomic E-state index is 0.0635. The van der Waals surface area contributed by atoms with Crippen LogP contribution in [0.4, 0.5) is 10.8 Å². The second-order valence-electron chi connectivity index (χ2n) is 4.19. The SMILES string of the molecule is COCCN(CCO)c1snc(N)c1-c1cccnc1. The average molecular weight is 294 g/mol. The molecule has 2 heterocycles. The summed E-state index contributed by atoms with van der Waals surface area (Å²) in [5, 5.41) is 10.2. The lowest BCUT2D eigenvalue weighted by atomic mass is 10.1. The number of nitrogens with zero attached hydrogens (tertiary/aromatic N) is 3. The van der Waals surface area contributed by atoms with E-state index in [0.717, 1.165) is 16.1 Å². The van der Waals surface area contributed by atoms with Crippen molar-refractivity contribution in [2.24, 2.45) is 0 Å². The quantitative estimate of drug-likeness (QED) is 0.799. The van der Waals surface area contributed by atoms with Crippen molar-refractivity contribution in [2.75, 3.05) is 44.0 Å². The summed E-state index contributed by atoms with van der Waals surface area (Å²) >= 11 is 1.33. The van der Waals surface area contributed by atoms with Crippen LogP contribution in [0.5, 0.6) is 0 Å². The van der Waals surface area contributed by atoms with Crippen LogP contribution in [-0.4, -0.2) is 47.9 Å². The van der Waals surface area contributed by atoms with E-state index in [2.05, 4.69) is 9.36 Å². The minimum Gasteiger partial charge on any atom is -0.395 e. The van der Waals surface area contributed by atoms with Gasteiger partial charge in [-0.25, -0.2) is 0 Å². The van der Waals surface area contributed by atoms with Crippen LogP contribution in [0.1, 0.15) is 0 Å². The van der Waals surface area contributed by atoms with Gasteiger partial charge in [-0.2, -0.15) is 4.37 Å². The van der Waals surface area contributed by atoms with Crippen LogP contribution in [0, 0.1) is 0 Å². The van der Waals surface area contributed by atoms with Crippen LogP contribution >= 0.6 is 11.5 Å². The van der Waals surface area contributed by atoms with Crippen LogP contribution < -0.4 is 10.6 Å². The van der Waals surface area contributed by atoms with E-state index >= 15 is 0 Å². The lowest BCUT2D eigenvalue weighted by molar-refractivity contribution is 0.203. The van der Waals surface area contributed by atoms with E-state index in [9.17, 15) is 5.11 Å². The lowest BCUT2D eigenvalue weighted by Gasteiger charge is -2.22. The lowest BCUT2D eigenvalue weighted by Crippen LogP contribution is -2.29. The predicted octanol–water partition coefficient (Wildman–Crippen LogP) is 1.23. The van der Waals surface area contributed by atoms with E-state index in [4.69, 9.17) is 10.5 Å². The Hall–Kier alpha value is -1.70. The normalized spacial score (nSPS) is 10.7. The number of anilines is 2. The molecule has 2 rings (SSSR count). The third-order valence-electron chi connectivity index (χ3n) is 2.87. The maximum atomic E-state index is 9.22. The molecule has 0 aromatic carbocycles. The number of hydrogen-bond donors (Lipinski definition) is 2. The van der Waals surface area contributed by atoms with Gasteiger partial charge in [0.1, 0.15) is 10.8 Å². The largest absolute Gasteiger partial charge is 0.395 e. The van der Waals surface area contributed by atoms with Gasteiger partial charge in [-0.15, -0.1) is 0 Å². The van der Waals surface area contributed by atoms with Crippen molar-refractivity contribution in [1.82, 2.24) is 9.36 Å². The summed E-state index contributed by atoms with van der Waals surface area (Å²) in [5.41, 5.74) is 7.78. The number of hydrogen-bond acceptors (Lipinski definition) is 7. The summed E-state index contributed by atoms with van der Waals surface area (Å²) in [6.07, 6.45) is 3.48. The van der Waals surface area contributed by atoms with Crippen molar-refractivity contribution in [2.45, 2.75) is 0 Å². The highest BCUT2D eigenvalue weighted by Gasteiger charge is 2.19. The first-order valence-corrected chi connectivity index (χ1v) is 7.05. The Bertz CT molecular complexity index is 532. The van der Waals surface area contributed by atoms with E-state index in [1.807, 2.05) is 17.0 Å². The molecular formula is C13H18N4O2S. The Morgan fingerprint density at radius 2 is 2.30 bits per heavy atom. The van der Waals surface area contributed by atoms with Crippen molar-refractivity contribution < 1.29 is 9.84 Å². The molecule has 108 valence electrons. The fourth-order valence-electron chi connectivity index (χ4n) is 1.93. The number of nitrogen functional groups attached to an aromatic ring is 1. The summed E-state index contributed by atoms with van der Waals surface area (Å²) < 4.78 is 9.34. The maximum Gasteiger partial charge on any atom is 0.147 e. The second kappa shape index (κ2) is 7.18. The third-order valence-corrected chi connectivity index (χ3v) is 3.80. The van der Waals surface area contributed by atoms with Crippen molar-refractivity contribution in [3.05, 3.63) is 24.5 Å². The standard InChI is InChI=1S/C13H18N4O2S/c1-19-8-6-17(5-7-18)13-11(12(14)16-20-13)10-3-2-4-15-9-10/h2-4,9,18H,5-8H2,1H3,(H2,14,16). The van der Waals surface area contributed by atoms with Crippen molar-refractivity contribution in [3.63, 3.8) is 0 Å². The summed E-state index contributed by atoms with van der Waals surface area (Å²) in [6, 6.07) is 3.81. The smallest absolute Gasteiger partial charge is 0.147 e. The molecule has 20 heavy (non-hydrogen) atoms. The summed E-state index contributed by atoms with van der Waals surface area (Å²) in [5.74, 6) is 0.485. The van der Waals surface area contributed by atoms with Crippen LogP contribution in [0.2, 0.25) is 0 Å². The van der Waals surface area contributed by atoms with E-state index in [0.29, 0.717) is 25.5 Å². The molecule has 0 amide bonds. The number of methoxy groups -OCH3 is 1. The summed E-state index contributed by atoms with van der Waals surface area (Å²) in [4.78, 5) is 6.15. The van der Waals surface area contributed by atoms with Crippen LogP contribution in [0.3, 0.4) is 0 Å². The van der Waals surface area contributed by atoms with E-state index in [-0.39, 0.29) is 6.61 Å². The zero-order valence-corrected chi connectivity index (χ0v) is 12.1. The topological polar surface area (TPSA) is 84.5 Å². The molecule has 0 radical (unpaired) electrons. The monoisotopic (exact) mass is 294 g/mol. The zero-order chi connectivity index (χ0) is 14.4. The highest BCUT2D eigenvalue weighted by molar-refractivity contribution is 7.11. The zero-order valence-electron chi connectivity index (χ0n) is 11.3. The molecule has 0 saturated carbocycles. The first-order chi connectivity index (χ1) is 9.77. The molecule has 0 aliphatic carbocycles. The highest BCUT2D eigenvalue weighted by Crippen LogP contribution is 2.38. The summed E-state index contributed by atoms with van der Waals surface area (Å²) in [6.45, 7) is 1.82. The van der Waals surface area contributed by atoms with E-state index < -0.39 is 0 Å². The molecule has 7 heteroatoms. The van der Waals surface area contributed by atoms with Gasteiger partial charge in [0.25, 0.3) is 0 Å². The molecule has 0 bridgehead atoms. The van der Waals surface area contributed by atoms with Gasteiger partial charge in [0, 0.05) is 38.2 Å². The molecule has 2 aromatic heterocycles. The molecule has 0 saturated heterocycles. The first kappa shape index (κ1) is 14.7. The molecular weight excluding hydrogens is 276 g/mol. The maximum absolute atomic E-state index is 9.22. The number of aliphatic hydroxyl groups excluding tert-OH is 1. The second-order valence-corrected chi connectivity index (χ2v) is 4.94. The molecule has 0 spiro atoms. The summed E-state index contributed by atoms with van der Waals surface area (Å²) in [7, 11) is 1.65. The van der Waals surface area contributed by atoms with Crippen molar-refractivity contribution >= 4 is 22.4 Å². The van der Waals surface area contributed by atoms with Gasteiger partial charge < -0.3 is 20.5 Å². The average Bonchev–Trinajstić information content (AvgIpc) is 2.86. The predicted molar refractivity (Wildman–Crippen MR) is 80.9 cm³/mol. The Balaban J connectivity index is 2.35. The Morgan fingerprint density at radius 3 is 2.95 bits per heavy atom. The van der Waals surface area contributed by atoms with Crippen molar-refractivity contribution in [3.8, 4) is 11.1 Å². The molecule has 0 aliphatic heterocycles. The molecule has 0 unspecified atom stereocenters. The van der Waals surface area contributed by atoms with Gasteiger partial charge in [-0.05, 0) is 17.6 Å². The number of pyridine rings is 1. The Kier molecular flexibility index (Phi) is 5.28. The van der Waals surface area contributed by atoms with Gasteiger partial charge in [0.05, 0.1) is 18.8 Å². The molecule has 0 aliphatic rings. The van der Waals surface area contributed by atoms with Crippen LogP contribution in [0.15, 0.2) is 24.5 Å². The number of aliphatic hydroxyl groups is 1. The number of nitrogens with two attached hydrogens (primary N) is 1. The number of rotatable bonds is 7. The van der Waals surface area contributed by atoms with Gasteiger partial charge in [-0.3, -0.25) is 4.98 Å². The van der Waals surface area contributed by atoms with Gasteiger partial charge in [0.15, 0.2) is 0 Å². The fourth-order valence-corrected chi connectivity index (χ4v) is 2.82. The Morgan fingerprint density at radius 1 is 1.45 bits per heavy atom. The first-order valence-electron chi connectivity index (χ1n) is 6.28. The van der Waals surface area contributed by atoms with Gasteiger partial charge in [-0.1, -0.05) is 6.07 Å². The fraction of sp³-hybridized carbons (Fsp3) is 0.385. The van der Waals surface area contributed by atoms with Crippen LogP contribution in [0.25, 0.3) is 11.1 Å². The third kappa shape index (κ3) is 3.24. The molecule has 0 fully saturated rings. The minimum absolute atomic E-state index is 0.0635. The molecule has 6 nitrogen and oxygen atoms in total. The van der Waals surface area contributed by atoms with E-state index in [1.165, 1.54) is 11.5 Å². The van der Waals surface area contributed by atoms with Gasteiger partial charge in [0.2, 0.25) is 0 Å². The number of aromatic nitrogens is 2. The molecule has 0 atom stereocenters. The van der Waals surface area contributed by atoms with Crippen LogP contribution in [-0.2, 0) is 4.74 Å². The highest BCUT2D eigenvalue weighted by atomic mass is 32.1. The molecule has 2 aromatic rings. The van der Waals surface area contributed by atoms with Gasteiger partial charge >= 0.3 is 0 Å². The van der Waals surface area contributed by atoms with Crippen molar-refractivity contribution in [1.29, 1.82) is 0 Å².